The number of carboxylic acid groups (broad SMARTS) is 1. The summed E-state index contributed by atoms with van der Waals surface area (Å²) in [5.41, 5.74) is 5.19. The Labute approximate surface area is 220 Å². The molecule has 0 aliphatic rings. The summed E-state index contributed by atoms with van der Waals surface area (Å²) in [5.74, 6) is -1.02. The molecule has 0 unspecified atom stereocenters. The zero-order chi connectivity index (χ0) is 26.4. The fraction of sp³-hybridized carbons (Fsp3) is 0.267. The number of para-hydroxylation sites is 1. The van der Waals surface area contributed by atoms with Crippen LogP contribution in [0.25, 0.3) is 16.6 Å². The second kappa shape index (κ2) is 12.1. The molecule has 0 aliphatic carbocycles. The van der Waals surface area contributed by atoms with Gasteiger partial charge in [-0.2, -0.15) is 0 Å². The molecule has 4 rings (SSSR count). The van der Waals surface area contributed by atoms with Gasteiger partial charge in [-0.05, 0) is 66.3 Å². The number of alkyl halides is 1. The van der Waals surface area contributed by atoms with Gasteiger partial charge < -0.3 is 15.0 Å². The molecule has 0 aliphatic heterocycles. The van der Waals surface area contributed by atoms with Gasteiger partial charge in [0.1, 0.15) is 6.67 Å². The summed E-state index contributed by atoms with van der Waals surface area (Å²) >= 11 is 6.10. The molecule has 0 saturated heterocycles. The van der Waals surface area contributed by atoms with E-state index in [9.17, 15) is 14.0 Å². The van der Waals surface area contributed by atoms with Crippen LogP contribution >= 0.6 is 11.6 Å². The Morgan fingerprint density at radius 1 is 1.03 bits per heavy atom. The second-order valence-electron chi connectivity index (χ2n) is 9.16. The summed E-state index contributed by atoms with van der Waals surface area (Å²) in [4.78, 5) is 23.0. The number of halogens is 2. The molecule has 37 heavy (non-hydrogen) atoms. The maximum atomic E-state index is 14.0. The number of aromatic nitrogens is 1. The SMILES string of the molecule is CCC[C@@H](Cc1cn(-c2ccc(Cl)cc2)c2c(CF)cccc12)c1ccc(C(=O)NCCC(=O)O)cc1. The van der Waals surface area contributed by atoms with Crippen LogP contribution in [0.5, 0.6) is 0 Å². The highest BCUT2D eigenvalue weighted by molar-refractivity contribution is 6.30. The molecule has 2 N–H and O–H groups in total. The van der Waals surface area contributed by atoms with Crippen LogP contribution in [0.1, 0.15) is 59.2 Å². The second-order valence-corrected chi connectivity index (χ2v) is 9.60. The summed E-state index contributed by atoms with van der Waals surface area (Å²) in [7, 11) is 0. The number of benzene rings is 3. The van der Waals surface area contributed by atoms with Gasteiger partial charge in [-0.1, -0.05) is 55.3 Å². The van der Waals surface area contributed by atoms with Crippen molar-refractivity contribution in [2.45, 2.75) is 45.2 Å². The van der Waals surface area contributed by atoms with Crippen LogP contribution in [0, 0.1) is 0 Å². The smallest absolute Gasteiger partial charge is 0.305 e. The molecule has 0 spiro atoms. The van der Waals surface area contributed by atoms with Crippen molar-refractivity contribution in [2.24, 2.45) is 0 Å². The molecule has 0 fully saturated rings. The quantitative estimate of drug-likeness (QED) is 0.222. The number of rotatable bonds is 11. The first-order valence-corrected chi connectivity index (χ1v) is 12.8. The maximum absolute atomic E-state index is 14.0. The molecular weight excluding hydrogens is 491 g/mol. The van der Waals surface area contributed by atoms with E-state index in [1.165, 1.54) is 0 Å². The van der Waals surface area contributed by atoms with Crippen molar-refractivity contribution in [1.29, 1.82) is 0 Å². The zero-order valence-corrected chi connectivity index (χ0v) is 21.5. The highest BCUT2D eigenvalue weighted by Crippen LogP contribution is 2.34. The minimum atomic E-state index is -0.950. The van der Waals surface area contributed by atoms with Crippen LogP contribution in [0.3, 0.4) is 0 Å². The van der Waals surface area contributed by atoms with Gasteiger partial charge in [0.15, 0.2) is 0 Å². The van der Waals surface area contributed by atoms with Crippen LogP contribution in [0.2, 0.25) is 5.02 Å². The fourth-order valence-corrected chi connectivity index (χ4v) is 4.92. The zero-order valence-electron chi connectivity index (χ0n) is 20.7. The average Bonchev–Trinajstić information content (AvgIpc) is 3.27. The van der Waals surface area contributed by atoms with Gasteiger partial charge in [-0.15, -0.1) is 0 Å². The van der Waals surface area contributed by atoms with Gasteiger partial charge in [-0.25, -0.2) is 4.39 Å². The highest BCUT2D eigenvalue weighted by atomic mass is 35.5. The van der Waals surface area contributed by atoms with Crippen molar-refractivity contribution >= 4 is 34.4 Å². The van der Waals surface area contributed by atoms with Gasteiger partial charge in [0.05, 0.1) is 11.9 Å². The molecule has 7 heteroatoms. The first kappa shape index (κ1) is 26.4. The third-order valence-corrected chi connectivity index (χ3v) is 6.86. The Kier molecular flexibility index (Phi) is 8.62. The number of fused-ring (bicyclic) bond motifs is 1. The number of carbonyl (C=O) groups excluding carboxylic acids is 1. The molecule has 1 amide bonds. The number of amides is 1. The van der Waals surface area contributed by atoms with Gasteiger partial charge >= 0.3 is 5.97 Å². The van der Waals surface area contributed by atoms with E-state index in [-0.39, 0.29) is 24.8 Å². The number of nitrogens with zero attached hydrogens (tertiary/aromatic N) is 1. The number of hydrogen-bond donors (Lipinski definition) is 2. The first-order chi connectivity index (χ1) is 17.9. The fourth-order valence-electron chi connectivity index (χ4n) is 4.79. The van der Waals surface area contributed by atoms with Crippen molar-refractivity contribution in [3.05, 3.63) is 100 Å². The van der Waals surface area contributed by atoms with Crippen molar-refractivity contribution in [3.63, 3.8) is 0 Å². The molecule has 3 aromatic carbocycles. The van der Waals surface area contributed by atoms with E-state index in [1.807, 2.05) is 59.2 Å². The Morgan fingerprint density at radius 3 is 2.41 bits per heavy atom. The predicted molar refractivity (Wildman–Crippen MR) is 145 cm³/mol. The topological polar surface area (TPSA) is 71.3 Å². The molecule has 1 aromatic heterocycles. The lowest BCUT2D eigenvalue weighted by molar-refractivity contribution is -0.136. The Balaban J connectivity index is 1.64. The number of aliphatic carboxylic acids is 1. The van der Waals surface area contributed by atoms with Crippen LogP contribution in [0.4, 0.5) is 4.39 Å². The van der Waals surface area contributed by atoms with Gasteiger partial charge in [-0.3, -0.25) is 9.59 Å². The number of carbonyl (C=O) groups is 2. The Bertz CT molecular complexity index is 1380. The van der Waals surface area contributed by atoms with Gasteiger partial charge in [0.25, 0.3) is 5.91 Å². The molecule has 1 atom stereocenters. The van der Waals surface area contributed by atoms with Crippen molar-refractivity contribution in [2.75, 3.05) is 6.54 Å². The van der Waals surface area contributed by atoms with Crippen molar-refractivity contribution < 1.29 is 19.1 Å². The minimum Gasteiger partial charge on any atom is -0.481 e. The number of hydrogen-bond acceptors (Lipinski definition) is 2. The lowest BCUT2D eigenvalue weighted by Gasteiger charge is -2.17. The van der Waals surface area contributed by atoms with E-state index in [2.05, 4.69) is 18.4 Å². The molecule has 0 radical (unpaired) electrons. The summed E-state index contributed by atoms with van der Waals surface area (Å²) in [5, 5.41) is 13.1. The normalized spacial score (nSPS) is 12.0. The van der Waals surface area contributed by atoms with Crippen molar-refractivity contribution in [1.82, 2.24) is 9.88 Å². The maximum Gasteiger partial charge on any atom is 0.305 e. The van der Waals surface area contributed by atoms with E-state index < -0.39 is 12.6 Å². The lowest BCUT2D eigenvalue weighted by Crippen LogP contribution is -2.25. The molecule has 1 heterocycles. The molecule has 5 nitrogen and oxygen atoms in total. The summed E-state index contributed by atoms with van der Waals surface area (Å²) in [6.45, 7) is 1.69. The van der Waals surface area contributed by atoms with E-state index >= 15 is 0 Å². The highest BCUT2D eigenvalue weighted by Gasteiger charge is 2.19. The lowest BCUT2D eigenvalue weighted by atomic mass is 9.87. The van der Waals surface area contributed by atoms with Crippen LogP contribution in [0.15, 0.2) is 72.9 Å². The molecule has 192 valence electrons. The summed E-state index contributed by atoms with van der Waals surface area (Å²) in [6.07, 6.45) is 4.70. The molecule has 0 bridgehead atoms. The van der Waals surface area contributed by atoms with E-state index in [1.54, 1.807) is 12.1 Å². The van der Waals surface area contributed by atoms with Gasteiger partial charge in [0.2, 0.25) is 0 Å². The predicted octanol–water partition coefficient (Wildman–Crippen LogP) is 7.08. The largest absolute Gasteiger partial charge is 0.481 e. The average molecular weight is 521 g/mol. The monoisotopic (exact) mass is 520 g/mol. The number of nitrogens with one attached hydrogen (secondary N) is 1. The standard InChI is InChI=1S/C30H30ClFN2O3/c1-2-4-22(20-7-9-21(10-8-20)30(37)33-16-15-28(35)36)17-24-19-34(26-13-11-25(31)12-14-26)29-23(18-32)5-3-6-27(24)29/h3,5-14,19,22H,2,4,15-18H2,1H3,(H,33,37)(H,35,36)/t22-/m0/s1. The molecule has 0 saturated carbocycles. The van der Waals surface area contributed by atoms with E-state index in [0.717, 1.165) is 47.0 Å². The summed E-state index contributed by atoms with van der Waals surface area (Å²) in [6, 6.07) is 20.8. The first-order valence-electron chi connectivity index (χ1n) is 12.4. The van der Waals surface area contributed by atoms with Crippen LogP contribution < -0.4 is 5.32 Å². The Morgan fingerprint density at radius 2 is 1.76 bits per heavy atom. The Hall–Kier alpha value is -3.64. The molecular formula is C30H30ClFN2O3. The summed E-state index contributed by atoms with van der Waals surface area (Å²) < 4.78 is 16.0. The van der Waals surface area contributed by atoms with Crippen LogP contribution in [-0.4, -0.2) is 28.1 Å². The third kappa shape index (κ3) is 6.20. The van der Waals surface area contributed by atoms with E-state index in [0.29, 0.717) is 16.1 Å². The van der Waals surface area contributed by atoms with Gasteiger partial charge in [0, 0.05) is 40.0 Å². The van der Waals surface area contributed by atoms with Crippen LogP contribution in [-0.2, 0) is 17.9 Å². The molecule has 4 aromatic rings. The number of carboxylic acids is 1. The van der Waals surface area contributed by atoms with Crippen molar-refractivity contribution in [3.8, 4) is 5.69 Å². The third-order valence-electron chi connectivity index (χ3n) is 6.61. The van der Waals surface area contributed by atoms with E-state index in [4.69, 9.17) is 16.7 Å². The minimum absolute atomic E-state index is 0.0902.